The highest BCUT2D eigenvalue weighted by molar-refractivity contribution is 5.67. The van der Waals surface area contributed by atoms with Crippen LogP contribution in [-0.2, 0) is 11.2 Å². The Morgan fingerprint density at radius 1 is 1.41 bits per heavy atom. The third kappa shape index (κ3) is 5.47. The number of aliphatic hydroxyl groups is 1. The minimum Gasteiger partial charge on any atom is -0.481 e. The molecule has 0 bridgehead atoms. The van der Waals surface area contributed by atoms with E-state index in [9.17, 15) is 9.90 Å². The molecule has 1 rings (SSSR count). The molecule has 0 spiro atoms. The number of rotatable bonds is 7. The van der Waals surface area contributed by atoms with Crippen molar-refractivity contribution in [2.24, 2.45) is 0 Å². The number of carbonyl (C=O) groups is 1. The molecule has 0 aliphatic rings. The summed E-state index contributed by atoms with van der Waals surface area (Å²) in [5, 5.41) is 20.8. The molecule has 0 heterocycles. The summed E-state index contributed by atoms with van der Waals surface area (Å²) in [5.41, 5.74) is 2.52. The van der Waals surface area contributed by atoms with E-state index in [-0.39, 0.29) is 6.42 Å². The zero-order valence-corrected chi connectivity index (χ0v) is 10.0. The number of hydrogen-bond acceptors (Lipinski definition) is 3. The molecule has 0 aliphatic heterocycles. The maximum Gasteiger partial charge on any atom is 0.306 e. The summed E-state index contributed by atoms with van der Waals surface area (Å²) >= 11 is 0. The summed E-state index contributed by atoms with van der Waals surface area (Å²) in [4.78, 5) is 10.3. The average Bonchev–Trinajstić information content (AvgIpc) is 2.25. The van der Waals surface area contributed by atoms with Crippen molar-refractivity contribution in [1.82, 2.24) is 5.32 Å². The largest absolute Gasteiger partial charge is 0.481 e. The van der Waals surface area contributed by atoms with E-state index >= 15 is 0 Å². The SMILES string of the molecule is Cc1ccccc1CCNCC(O)CC(=O)O. The molecule has 4 heteroatoms. The number of aliphatic hydroxyl groups excluding tert-OH is 1. The summed E-state index contributed by atoms with van der Waals surface area (Å²) in [6.45, 7) is 3.12. The molecule has 4 nitrogen and oxygen atoms in total. The van der Waals surface area contributed by atoms with Crippen molar-refractivity contribution in [3.8, 4) is 0 Å². The maximum atomic E-state index is 10.3. The zero-order valence-electron chi connectivity index (χ0n) is 10.0. The molecular weight excluding hydrogens is 218 g/mol. The molecule has 0 aliphatic carbocycles. The molecule has 94 valence electrons. The van der Waals surface area contributed by atoms with Crippen LogP contribution in [0.15, 0.2) is 24.3 Å². The number of aliphatic carboxylic acids is 1. The van der Waals surface area contributed by atoms with Gasteiger partial charge in [-0.1, -0.05) is 24.3 Å². The van der Waals surface area contributed by atoms with E-state index in [1.165, 1.54) is 11.1 Å². The highest BCUT2D eigenvalue weighted by atomic mass is 16.4. The van der Waals surface area contributed by atoms with Gasteiger partial charge < -0.3 is 15.5 Å². The molecule has 1 aromatic carbocycles. The number of aryl methyl sites for hydroxylation is 1. The first kappa shape index (κ1) is 13.7. The Balaban J connectivity index is 2.20. The number of hydrogen-bond donors (Lipinski definition) is 3. The van der Waals surface area contributed by atoms with E-state index in [4.69, 9.17) is 5.11 Å². The van der Waals surface area contributed by atoms with E-state index in [0.29, 0.717) is 6.54 Å². The Kier molecular flexibility index (Phi) is 5.66. The molecule has 0 amide bonds. The Labute approximate surface area is 101 Å². The van der Waals surface area contributed by atoms with Crippen LogP contribution < -0.4 is 5.32 Å². The van der Waals surface area contributed by atoms with Gasteiger partial charge in [-0.15, -0.1) is 0 Å². The van der Waals surface area contributed by atoms with Crippen LogP contribution in [0.25, 0.3) is 0 Å². The first-order valence-electron chi connectivity index (χ1n) is 5.74. The predicted molar refractivity (Wildman–Crippen MR) is 66.0 cm³/mol. The molecule has 17 heavy (non-hydrogen) atoms. The Morgan fingerprint density at radius 2 is 2.12 bits per heavy atom. The number of nitrogens with one attached hydrogen (secondary N) is 1. The van der Waals surface area contributed by atoms with Gasteiger partial charge in [-0.2, -0.15) is 0 Å². The average molecular weight is 237 g/mol. The molecule has 0 saturated heterocycles. The molecule has 0 aromatic heterocycles. The maximum absolute atomic E-state index is 10.3. The van der Waals surface area contributed by atoms with Crippen molar-refractivity contribution >= 4 is 5.97 Å². The number of benzene rings is 1. The van der Waals surface area contributed by atoms with Crippen LogP contribution in [0.5, 0.6) is 0 Å². The lowest BCUT2D eigenvalue weighted by Gasteiger charge is -2.10. The Morgan fingerprint density at radius 3 is 2.76 bits per heavy atom. The van der Waals surface area contributed by atoms with Gasteiger partial charge in [0.2, 0.25) is 0 Å². The lowest BCUT2D eigenvalue weighted by atomic mass is 10.1. The first-order chi connectivity index (χ1) is 8.09. The highest BCUT2D eigenvalue weighted by Crippen LogP contribution is 2.06. The van der Waals surface area contributed by atoms with E-state index in [0.717, 1.165) is 13.0 Å². The molecule has 0 fully saturated rings. The third-order valence-corrected chi connectivity index (χ3v) is 2.62. The second-order valence-corrected chi connectivity index (χ2v) is 4.13. The second kappa shape index (κ2) is 7.04. The predicted octanol–water partition coefficient (Wildman–Crippen LogP) is 0.963. The fourth-order valence-corrected chi connectivity index (χ4v) is 1.66. The molecule has 0 radical (unpaired) electrons. The van der Waals surface area contributed by atoms with Crippen molar-refractivity contribution < 1.29 is 15.0 Å². The van der Waals surface area contributed by atoms with Crippen LogP contribution in [0.2, 0.25) is 0 Å². The summed E-state index contributed by atoms with van der Waals surface area (Å²) in [5.74, 6) is -0.974. The minimum absolute atomic E-state index is 0.211. The topological polar surface area (TPSA) is 69.6 Å². The van der Waals surface area contributed by atoms with Crippen molar-refractivity contribution in [1.29, 1.82) is 0 Å². The van der Waals surface area contributed by atoms with Gasteiger partial charge in [0.05, 0.1) is 12.5 Å². The van der Waals surface area contributed by atoms with Crippen LogP contribution in [0.1, 0.15) is 17.5 Å². The van der Waals surface area contributed by atoms with Crippen LogP contribution >= 0.6 is 0 Å². The van der Waals surface area contributed by atoms with E-state index in [1.54, 1.807) is 0 Å². The smallest absolute Gasteiger partial charge is 0.306 e. The van der Waals surface area contributed by atoms with E-state index < -0.39 is 12.1 Å². The molecule has 1 aromatic rings. The van der Waals surface area contributed by atoms with Crippen LogP contribution in [0, 0.1) is 6.92 Å². The molecule has 1 unspecified atom stereocenters. The van der Waals surface area contributed by atoms with Crippen LogP contribution in [0.4, 0.5) is 0 Å². The monoisotopic (exact) mass is 237 g/mol. The van der Waals surface area contributed by atoms with Crippen molar-refractivity contribution in [3.63, 3.8) is 0 Å². The lowest BCUT2D eigenvalue weighted by molar-refractivity contribution is -0.139. The highest BCUT2D eigenvalue weighted by Gasteiger charge is 2.08. The quantitative estimate of drug-likeness (QED) is 0.618. The fraction of sp³-hybridized carbons (Fsp3) is 0.462. The summed E-state index contributed by atoms with van der Waals surface area (Å²) in [7, 11) is 0. The minimum atomic E-state index is -0.974. The van der Waals surface area contributed by atoms with Crippen molar-refractivity contribution in [2.75, 3.05) is 13.1 Å². The summed E-state index contributed by atoms with van der Waals surface area (Å²) < 4.78 is 0. The van der Waals surface area contributed by atoms with E-state index in [2.05, 4.69) is 24.4 Å². The van der Waals surface area contributed by atoms with E-state index in [1.807, 2.05) is 12.1 Å². The summed E-state index contributed by atoms with van der Waals surface area (Å²) in [6, 6.07) is 8.14. The van der Waals surface area contributed by atoms with Gasteiger partial charge >= 0.3 is 5.97 Å². The third-order valence-electron chi connectivity index (χ3n) is 2.62. The zero-order chi connectivity index (χ0) is 12.7. The van der Waals surface area contributed by atoms with Gasteiger partial charge in [0, 0.05) is 6.54 Å². The van der Waals surface area contributed by atoms with Gasteiger partial charge in [0.25, 0.3) is 0 Å². The van der Waals surface area contributed by atoms with Crippen LogP contribution in [0.3, 0.4) is 0 Å². The Hall–Kier alpha value is -1.39. The Bertz CT molecular complexity index is 365. The fourth-order valence-electron chi connectivity index (χ4n) is 1.66. The van der Waals surface area contributed by atoms with Gasteiger partial charge in [-0.25, -0.2) is 0 Å². The molecule has 1 atom stereocenters. The van der Waals surface area contributed by atoms with Gasteiger partial charge in [0.1, 0.15) is 0 Å². The number of carboxylic acid groups (broad SMARTS) is 1. The molecule has 0 saturated carbocycles. The van der Waals surface area contributed by atoms with Crippen LogP contribution in [-0.4, -0.2) is 35.4 Å². The lowest BCUT2D eigenvalue weighted by Crippen LogP contribution is -2.30. The van der Waals surface area contributed by atoms with Crippen molar-refractivity contribution in [2.45, 2.75) is 25.9 Å². The van der Waals surface area contributed by atoms with Gasteiger partial charge in [-0.05, 0) is 31.0 Å². The van der Waals surface area contributed by atoms with Crippen molar-refractivity contribution in [3.05, 3.63) is 35.4 Å². The number of carboxylic acids is 1. The summed E-state index contributed by atoms with van der Waals surface area (Å²) in [6.07, 6.45) is -0.145. The van der Waals surface area contributed by atoms with Gasteiger partial charge in [-0.3, -0.25) is 4.79 Å². The van der Waals surface area contributed by atoms with Gasteiger partial charge in [0.15, 0.2) is 0 Å². The standard InChI is InChI=1S/C13H19NO3/c1-10-4-2-3-5-11(10)6-7-14-9-12(15)8-13(16)17/h2-5,12,14-15H,6-9H2,1H3,(H,16,17). The first-order valence-corrected chi connectivity index (χ1v) is 5.74. The second-order valence-electron chi connectivity index (χ2n) is 4.13. The normalized spacial score (nSPS) is 12.4. The molecular formula is C13H19NO3. The molecule has 3 N–H and O–H groups in total.